The first-order valence-corrected chi connectivity index (χ1v) is 5.74. The monoisotopic (exact) mass is 222 g/mol. The molecule has 0 radical (unpaired) electrons. The van der Waals surface area contributed by atoms with Crippen LogP contribution in [0.5, 0.6) is 0 Å². The van der Waals surface area contributed by atoms with E-state index in [2.05, 4.69) is 9.88 Å². The molecular formula is C12H15FN2O. The number of aliphatic hydroxyl groups is 1. The number of hydrogen-bond donors (Lipinski definition) is 1. The summed E-state index contributed by atoms with van der Waals surface area (Å²) in [6.45, 7) is 2.87. The van der Waals surface area contributed by atoms with Crippen LogP contribution in [0.2, 0.25) is 0 Å². The van der Waals surface area contributed by atoms with Gasteiger partial charge < -0.3 is 10.0 Å². The van der Waals surface area contributed by atoms with Crippen molar-refractivity contribution in [1.29, 1.82) is 0 Å². The third kappa shape index (κ3) is 1.44. The van der Waals surface area contributed by atoms with E-state index in [0.29, 0.717) is 12.0 Å². The predicted molar refractivity (Wildman–Crippen MR) is 57.3 cm³/mol. The van der Waals surface area contributed by atoms with Crippen molar-refractivity contribution in [3.8, 4) is 0 Å². The fourth-order valence-corrected chi connectivity index (χ4v) is 2.99. The van der Waals surface area contributed by atoms with Gasteiger partial charge in [0, 0.05) is 30.8 Å². The Morgan fingerprint density at radius 3 is 3.12 bits per heavy atom. The summed E-state index contributed by atoms with van der Waals surface area (Å²) < 4.78 is 13.1. The average molecular weight is 222 g/mol. The molecule has 0 saturated carbocycles. The molecule has 3 unspecified atom stereocenters. The van der Waals surface area contributed by atoms with Crippen LogP contribution in [-0.2, 0) is 5.60 Å². The van der Waals surface area contributed by atoms with E-state index in [1.165, 1.54) is 12.3 Å². The molecule has 3 atom stereocenters. The minimum absolute atomic E-state index is 0.227. The van der Waals surface area contributed by atoms with Crippen LogP contribution >= 0.6 is 0 Å². The van der Waals surface area contributed by atoms with Crippen LogP contribution in [-0.4, -0.2) is 34.6 Å². The van der Waals surface area contributed by atoms with Gasteiger partial charge in [-0.25, -0.2) is 4.39 Å². The van der Waals surface area contributed by atoms with Crippen LogP contribution in [0.25, 0.3) is 0 Å². The summed E-state index contributed by atoms with van der Waals surface area (Å²) in [5.41, 5.74) is -0.235. The molecule has 2 aliphatic rings. The molecule has 2 saturated heterocycles. The minimum Gasteiger partial charge on any atom is -0.385 e. The van der Waals surface area contributed by atoms with Gasteiger partial charge in [0.05, 0.1) is 11.8 Å². The first kappa shape index (κ1) is 10.2. The van der Waals surface area contributed by atoms with Crippen molar-refractivity contribution in [2.24, 2.45) is 5.92 Å². The summed E-state index contributed by atoms with van der Waals surface area (Å²) in [5.74, 6) is -0.142. The topological polar surface area (TPSA) is 36.4 Å². The van der Waals surface area contributed by atoms with Crippen molar-refractivity contribution < 1.29 is 9.50 Å². The Balaban J connectivity index is 1.98. The molecule has 86 valence electrons. The van der Waals surface area contributed by atoms with Gasteiger partial charge in [-0.1, -0.05) is 0 Å². The predicted octanol–water partition coefficient (Wildman–Crippen LogP) is 1.13. The number of piperidine rings is 1. The number of nitrogens with zero attached hydrogens (tertiary/aromatic N) is 2. The molecule has 16 heavy (non-hydrogen) atoms. The van der Waals surface area contributed by atoms with Crippen LogP contribution in [0, 0.1) is 11.7 Å². The zero-order chi connectivity index (χ0) is 11.2. The molecule has 0 amide bonds. The summed E-state index contributed by atoms with van der Waals surface area (Å²) >= 11 is 0. The Hall–Kier alpha value is -1.00. The van der Waals surface area contributed by atoms with Gasteiger partial charge in [0.1, 0.15) is 5.82 Å². The van der Waals surface area contributed by atoms with Crippen molar-refractivity contribution in [3.63, 3.8) is 0 Å². The fourth-order valence-electron chi connectivity index (χ4n) is 2.99. The quantitative estimate of drug-likeness (QED) is 0.774. The van der Waals surface area contributed by atoms with Crippen LogP contribution in [0.1, 0.15) is 18.4 Å². The molecule has 3 rings (SSSR count). The Labute approximate surface area is 93.9 Å². The summed E-state index contributed by atoms with van der Waals surface area (Å²) in [4.78, 5) is 6.19. The van der Waals surface area contributed by atoms with Gasteiger partial charge >= 0.3 is 0 Å². The van der Waals surface area contributed by atoms with Gasteiger partial charge in [0.25, 0.3) is 0 Å². The molecule has 1 aromatic heterocycles. The standard InChI is InChI=1S/C12H15FN2O/c13-11-5-10(6-14-7-11)12(16)2-4-15-3-1-9(12)8-15/h5-7,9,16H,1-4,8H2. The van der Waals surface area contributed by atoms with Crippen LogP contribution < -0.4 is 0 Å². The van der Waals surface area contributed by atoms with E-state index in [-0.39, 0.29) is 11.7 Å². The van der Waals surface area contributed by atoms with E-state index in [1.54, 1.807) is 6.20 Å². The maximum atomic E-state index is 13.1. The SMILES string of the molecule is OC1(c2cncc(F)c2)CCN2CCC1C2. The Morgan fingerprint density at radius 1 is 1.44 bits per heavy atom. The number of fused-ring (bicyclic) bond motifs is 2. The van der Waals surface area contributed by atoms with E-state index in [9.17, 15) is 9.50 Å². The highest BCUT2D eigenvalue weighted by Gasteiger charge is 2.46. The number of aromatic nitrogens is 1. The Kier molecular flexibility index (Phi) is 2.23. The highest BCUT2D eigenvalue weighted by molar-refractivity contribution is 5.22. The zero-order valence-corrected chi connectivity index (χ0v) is 9.06. The second-order valence-electron chi connectivity index (χ2n) is 4.85. The van der Waals surface area contributed by atoms with Crippen LogP contribution in [0.3, 0.4) is 0 Å². The number of rotatable bonds is 1. The summed E-state index contributed by atoms with van der Waals surface area (Å²) in [7, 11) is 0. The third-order valence-electron chi connectivity index (χ3n) is 3.96. The van der Waals surface area contributed by atoms with E-state index in [4.69, 9.17) is 0 Å². The van der Waals surface area contributed by atoms with Gasteiger partial charge in [-0.3, -0.25) is 4.98 Å². The lowest BCUT2D eigenvalue weighted by molar-refractivity contribution is -0.0506. The summed E-state index contributed by atoms with van der Waals surface area (Å²) in [6.07, 6.45) is 4.45. The molecule has 2 aliphatic heterocycles. The van der Waals surface area contributed by atoms with Gasteiger partial charge in [0.2, 0.25) is 0 Å². The van der Waals surface area contributed by atoms with E-state index in [0.717, 1.165) is 26.1 Å². The molecular weight excluding hydrogens is 207 g/mol. The molecule has 1 aromatic rings. The maximum absolute atomic E-state index is 13.1. The molecule has 3 nitrogen and oxygen atoms in total. The second kappa shape index (κ2) is 3.50. The van der Waals surface area contributed by atoms with Crippen molar-refractivity contribution in [2.75, 3.05) is 19.6 Å². The fraction of sp³-hybridized carbons (Fsp3) is 0.583. The van der Waals surface area contributed by atoms with Gasteiger partial charge in [-0.15, -0.1) is 0 Å². The van der Waals surface area contributed by atoms with E-state index >= 15 is 0 Å². The van der Waals surface area contributed by atoms with Crippen LogP contribution in [0.4, 0.5) is 4.39 Å². The molecule has 0 aliphatic carbocycles. The lowest BCUT2D eigenvalue weighted by Crippen LogP contribution is -2.44. The van der Waals surface area contributed by atoms with E-state index < -0.39 is 5.60 Å². The number of halogens is 1. The molecule has 3 heterocycles. The normalized spacial score (nSPS) is 37.6. The largest absolute Gasteiger partial charge is 0.385 e. The molecule has 2 fully saturated rings. The zero-order valence-electron chi connectivity index (χ0n) is 9.06. The maximum Gasteiger partial charge on any atom is 0.141 e. The molecule has 4 heteroatoms. The summed E-state index contributed by atoms with van der Waals surface area (Å²) in [5, 5.41) is 10.7. The number of pyridine rings is 1. The Bertz CT molecular complexity index is 412. The highest BCUT2D eigenvalue weighted by atomic mass is 19.1. The van der Waals surface area contributed by atoms with Gasteiger partial charge in [-0.2, -0.15) is 0 Å². The lowest BCUT2D eigenvalue weighted by atomic mass is 9.77. The van der Waals surface area contributed by atoms with Crippen molar-refractivity contribution in [2.45, 2.75) is 18.4 Å². The first-order chi connectivity index (χ1) is 7.68. The highest BCUT2D eigenvalue weighted by Crippen LogP contribution is 2.42. The molecule has 0 spiro atoms. The minimum atomic E-state index is -0.873. The van der Waals surface area contributed by atoms with Gasteiger partial charge in [-0.05, 0) is 25.5 Å². The van der Waals surface area contributed by atoms with Crippen molar-refractivity contribution in [1.82, 2.24) is 9.88 Å². The first-order valence-electron chi connectivity index (χ1n) is 5.74. The summed E-state index contributed by atoms with van der Waals surface area (Å²) in [6, 6.07) is 1.42. The van der Waals surface area contributed by atoms with Crippen molar-refractivity contribution in [3.05, 3.63) is 29.8 Å². The second-order valence-corrected chi connectivity index (χ2v) is 4.85. The van der Waals surface area contributed by atoms with E-state index in [1.807, 2.05) is 0 Å². The molecule has 2 bridgehead atoms. The average Bonchev–Trinajstić information content (AvgIpc) is 2.69. The van der Waals surface area contributed by atoms with Crippen molar-refractivity contribution >= 4 is 0 Å². The molecule has 0 aromatic carbocycles. The number of hydrogen-bond acceptors (Lipinski definition) is 3. The van der Waals surface area contributed by atoms with Crippen LogP contribution in [0.15, 0.2) is 18.5 Å². The third-order valence-corrected chi connectivity index (χ3v) is 3.96. The smallest absolute Gasteiger partial charge is 0.141 e. The molecule has 1 N–H and O–H groups in total. The Morgan fingerprint density at radius 2 is 2.31 bits per heavy atom. The lowest BCUT2D eigenvalue weighted by Gasteiger charge is -2.38. The van der Waals surface area contributed by atoms with Gasteiger partial charge in [0.15, 0.2) is 0 Å².